The molecule has 1 heterocycles. The molecule has 9 nitrogen and oxygen atoms in total. The lowest BCUT2D eigenvalue weighted by atomic mass is 9.93. The van der Waals surface area contributed by atoms with E-state index in [9.17, 15) is 24.3 Å². The van der Waals surface area contributed by atoms with Gasteiger partial charge in [-0.2, -0.15) is 0 Å². The number of nitrogens with one attached hydrogen (secondary N) is 2. The Morgan fingerprint density at radius 1 is 1.03 bits per heavy atom. The van der Waals surface area contributed by atoms with Crippen molar-refractivity contribution in [3.05, 3.63) is 0 Å². The Balaban J connectivity index is 2.70. The van der Waals surface area contributed by atoms with Crippen molar-refractivity contribution in [2.75, 3.05) is 13.1 Å². The highest BCUT2D eigenvalue weighted by Gasteiger charge is 2.34. The molecule has 1 saturated heterocycles. The molecule has 0 saturated carbocycles. The van der Waals surface area contributed by atoms with Crippen molar-refractivity contribution < 1.29 is 29.0 Å². The van der Waals surface area contributed by atoms with Crippen molar-refractivity contribution in [1.82, 2.24) is 15.5 Å². The fourth-order valence-corrected chi connectivity index (χ4v) is 3.51. The summed E-state index contributed by atoms with van der Waals surface area (Å²) in [5.41, 5.74) is -0.662. The van der Waals surface area contributed by atoms with Gasteiger partial charge in [0.15, 0.2) is 0 Å². The largest absolute Gasteiger partial charge is 0.480 e. The minimum atomic E-state index is -1.05. The van der Waals surface area contributed by atoms with Gasteiger partial charge in [0.05, 0.1) is 0 Å². The third-order valence-corrected chi connectivity index (χ3v) is 5.10. The van der Waals surface area contributed by atoms with Crippen molar-refractivity contribution in [2.24, 2.45) is 17.8 Å². The van der Waals surface area contributed by atoms with Gasteiger partial charge in [-0.15, -0.1) is 0 Å². The smallest absolute Gasteiger partial charge is 0.408 e. The zero-order valence-corrected chi connectivity index (χ0v) is 19.9. The molecule has 0 spiro atoms. The van der Waals surface area contributed by atoms with Gasteiger partial charge in [0.25, 0.3) is 0 Å². The molecule has 9 heteroatoms. The maximum Gasteiger partial charge on any atom is 0.408 e. The number of amides is 3. The first-order chi connectivity index (χ1) is 14.2. The molecule has 3 amide bonds. The minimum Gasteiger partial charge on any atom is -0.480 e. The first-order valence-electron chi connectivity index (χ1n) is 11.0. The third-order valence-electron chi connectivity index (χ3n) is 5.10. The number of likely N-dealkylation sites (tertiary alicyclic amines) is 1. The quantitative estimate of drug-likeness (QED) is 0.531. The average Bonchev–Trinajstić information content (AvgIpc) is 2.62. The van der Waals surface area contributed by atoms with E-state index in [1.807, 2.05) is 13.8 Å². The second-order valence-corrected chi connectivity index (χ2v) is 10.00. The highest BCUT2D eigenvalue weighted by Crippen LogP contribution is 2.20. The second-order valence-electron chi connectivity index (χ2n) is 10.00. The number of nitrogens with zero attached hydrogens (tertiary/aromatic N) is 1. The normalized spacial score (nSPS) is 17.3. The lowest BCUT2D eigenvalue weighted by Crippen LogP contribution is -2.53. The highest BCUT2D eigenvalue weighted by molar-refractivity contribution is 5.87. The van der Waals surface area contributed by atoms with Crippen LogP contribution in [-0.2, 0) is 19.1 Å². The van der Waals surface area contributed by atoms with Gasteiger partial charge in [-0.25, -0.2) is 9.59 Å². The second kappa shape index (κ2) is 11.3. The molecule has 0 aromatic carbocycles. The number of carbonyl (C=O) groups excluding carboxylic acids is 3. The Morgan fingerprint density at radius 2 is 1.58 bits per heavy atom. The number of hydrogen-bond acceptors (Lipinski definition) is 5. The van der Waals surface area contributed by atoms with Gasteiger partial charge < -0.3 is 25.4 Å². The van der Waals surface area contributed by atoms with Crippen molar-refractivity contribution in [1.29, 1.82) is 0 Å². The van der Waals surface area contributed by atoms with Crippen LogP contribution in [0.4, 0.5) is 4.79 Å². The molecule has 1 aliphatic heterocycles. The molecule has 0 unspecified atom stereocenters. The molecule has 0 aliphatic carbocycles. The van der Waals surface area contributed by atoms with Crippen LogP contribution in [0.3, 0.4) is 0 Å². The summed E-state index contributed by atoms with van der Waals surface area (Å²) in [6, 6.07) is -1.63. The number of rotatable bonds is 8. The predicted octanol–water partition coefficient (Wildman–Crippen LogP) is 2.39. The molecule has 1 rings (SSSR count). The standard InChI is InChI=1S/C22H39N3O6/c1-13(2)12-16(23-21(30)31-22(5,6)7)19(27)25-10-8-15(9-11-25)18(26)24-17(14(3)4)20(28)29/h13-17H,8-12H2,1-7H3,(H,23,30)(H,24,26)(H,28,29)/t16-,17+/m1/s1. The Labute approximate surface area is 185 Å². The summed E-state index contributed by atoms with van der Waals surface area (Å²) in [4.78, 5) is 50.7. The van der Waals surface area contributed by atoms with Crippen LogP contribution < -0.4 is 10.6 Å². The van der Waals surface area contributed by atoms with Crippen LogP contribution in [0, 0.1) is 17.8 Å². The molecule has 0 radical (unpaired) electrons. The maximum atomic E-state index is 13.0. The summed E-state index contributed by atoms with van der Waals surface area (Å²) in [7, 11) is 0. The van der Waals surface area contributed by atoms with Gasteiger partial charge in [0, 0.05) is 19.0 Å². The van der Waals surface area contributed by atoms with E-state index in [-0.39, 0.29) is 29.6 Å². The van der Waals surface area contributed by atoms with Gasteiger partial charge in [-0.3, -0.25) is 9.59 Å². The van der Waals surface area contributed by atoms with Gasteiger partial charge in [0.1, 0.15) is 17.7 Å². The molecule has 178 valence electrons. The lowest BCUT2D eigenvalue weighted by Gasteiger charge is -2.35. The van der Waals surface area contributed by atoms with Crippen molar-refractivity contribution in [3.8, 4) is 0 Å². The van der Waals surface area contributed by atoms with E-state index in [1.54, 1.807) is 39.5 Å². The van der Waals surface area contributed by atoms with Gasteiger partial charge in [-0.1, -0.05) is 27.7 Å². The molecule has 3 N–H and O–H groups in total. The molecular weight excluding hydrogens is 402 g/mol. The summed E-state index contributed by atoms with van der Waals surface area (Å²) >= 11 is 0. The number of carboxylic acid groups (broad SMARTS) is 1. The van der Waals surface area contributed by atoms with E-state index in [2.05, 4.69) is 10.6 Å². The minimum absolute atomic E-state index is 0.191. The van der Waals surface area contributed by atoms with Crippen molar-refractivity contribution >= 4 is 23.9 Å². The van der Waals surface area contributed by atoms with Crippen molar-refractivity contribution in [2.45, 2.75) is 85.4 Å². The summed E-state index contributed by atoms with van der Waals surface area (Å²) in [6.07, 6.45) is 0.743. The van der Waals surface area contributed by atoms with E-state index < -0.39 is 29.7 Å². The Morgan fingerprint density at radius 3 is 2.00 bits per heavy atom. The van der Waals surface area contributed by atoms with Crippen LogP contribution in [-0.4, -0.2) is 64.7 Å². The molecular formula is C22H39N3O6. The van der Waals surface area contributed by atoms with Crippen LogP contribution in [0.5, 0.6) is 0 Å². The lowest BCUT2D eigenvalue weighted by molar-refractivity contribution is -0.144. The van der Waals surface area contributed by atoms with E-state index in [1.165, 1.54) is 0 Å². The number of piperidine rings is 1. The fourth-order valence-electron chi connectivity index (χ4n) is 3.51. The van der Waals surface area contributed by atoms with Crippen LogP contribution in [0.1, 0.15) is 67.7 Å². The molecule has 1 aliphatic rings. The van der Waals surface area contributed by atoms with Crippen LogP contribution in [0.15, 0.2) is 0 Å². The van der Waals surface area contributed by atoms with Crippen LogP contribution in [0.25, 0.3) is 0 Å². The Kier molecular flexibility index (Phi) is 9.77. The Hall–Kier alpha value is -2.32. The summed E-state index contributed by atoms with van der Waals surface area (Å²) in [6.45, 7) is 13.5. The van der Waals surface area contributed by atoms with Gasteiger partial charge in [0.2, 0.25) is 11.8 Å². The third kappa shape index (κ3) is 9.14. The Bertz CT molecular complexity index is 648. The first-order valence-corrected chi connectivity index (χ1v) is 11.0. The average molecular weight is 442 g/mol. The monoisotopic (exact) mass is 441 g/mol. The molecule has 2 atom stereocenters. The highest BCUT2D eigenvalue weighted by atomic mass is 16.6. The molecule has 0 bridgehead atoms. The van der Waals surface area contributed by atoms with Gasteiger partial charge in [-0.05, 0) is 51.9 Å². The maximum absolute atomic E-state index is 13.0. The van der Waals surface area contributed by atoms with Crippen LogP contribution in [0.2, 0.25) is 0 Å². The van der Waals surface area contributed by atoms with E-state index in [0.29, 0.717) is 32.4 Å². The molecule has 31 heavy (non-hydrogen) atoms. The number of carboxylic acids is 1. The summed E-state index contributed by atoms with van der Waals surface area (Å²) < 4.78 is 5.29. The predicted molar refractivity (Wildman–Crippen MR) is 116 cm³/mol. The first kappa shape index (κ1) is 26.7. The number of ether oxygens (including phenoxy) is 1. The molecule has 0 aromatic rings. The fraction of sp³-hybridized carbons (Fsp3) is 0.818. The number of aliphatic carboxylic acids is 1. The SMILES string of the molecule is CC(C)C[C@@H](NC(=O)OC(C)(C)C)C(=O)N1CCC(C(=O)N[C@H](C(=O)O)C(C)C)CC1. The van der Waals surface area contributed by atoms with E-state index in [4.69, 9.17) is 4.74 Å². The van der Waals surface area contributed by atoms with Crippen molar-refractivity contribution in [3.63, 3.8) is 0 Å². The number of alkyl carbamates (subject to hydrolysis) is 1. The summed E-state index contributed by atoms with van der Waals surface area (Å²) in [5, 5.41) is 14.6. The topological polar surface area (TPSA) is 125 Å². The zero-order chi connectivity index (χ0) is 23.9. The van der Waals surface area contributed by atoms with Gasteiger partial charge >= 0.3 is 12.1 Å². The van der Waals surface area contributed by atoms with Crippen LogP contribution >= 0.6 is 0 Å². The molecule has 0 aromatic heterocycles. The summed E-state index contributed by atoms with van der Waals surface area (Å²) in [5.74, 6) is -1.91. The number of carbonyl (C=O) groups is 4. The zero-order valence-electron chi connectivity index (χ0n) is 19.9. The van der Waals surface area contributed by atoms with E-state index in [0.717, 1.165) is 0 Å². The molecule has 1 fully saturated rings. The number of hydrogen-bond donors (Lipinski definition) is 3. The van der Waals surface area contributed by atoms with E-state index >= 15 is 0 Å².